The van der Waals surface area contributed by atoms with Crippen LogP contribution in [0.5, 0.6) is 0 Å². The monoisotopic (exact) mass is 315 g/mol. The topological polar surface area (TPSA) is 55.4 Å². The highest BCUT2D eigenvalue weighted by Crippen LogP contribution is 2.36. The van der Waals surface area contributed by atoms with Crippen LogP contribution in [-0.2, 0) is 9.53 Å². The number of hydrogen-bond acceptors (Lipinski definition) is 6. The number of rotatable bonds is 3. The molecule has 1 aliphatic rings. The molecule has 0 aromatic heterocycles. The number of methoxy groups -OCH3 is 1. The van der Waals surface area contributed by atoms with Crippen molar-refractivity contribution < 1.29 is 14.3 Å². The molecule has 19 heavy (non-hydrogen) atoms. The van der Waals surface area contributed by atoms with Gasteiger partial charge in [-0.05, 0) is 24.3 Å². The standard InChI is InChI=1S/C12H13NO3S3/c1-16-11(15)8-2-4-9(5-3-8)13-10(14)12-18-6-17-7-19-12/h2-5,12H,6-7H2,1H3,(H,13,14). The summed E-state index contributed by atoms with van der Waals surface area (Å²) >= 11 is 5.11. The molecule has 0 spiro atoms. The molecule has 4 nitrogen and oxygen atoms in total. The zero-order valence-corrected chi connectivity index (χ0v) is 12.7. The van der Waals surface area contributed by atoms with E-state index in [1.54, 1.807) is 47.8 Å². The molecule has 1 amide bonds. The Morgan fingerprint density at radius 3 is 2.42 bits per heavy atom. The van der Waals surface area contributed by atoms with E-state index in [0.29, 0.717) is 11.3 Å². The van der Waals surface area contributed by atoms with Crippen LogP contribution in [0.1, 0.15) is 10.4 Å². The van der Waals surface area contributed by atoms with E-state index in [4.69, 9.17) is 0 Å². The number of thioether (sulfide) groups is 3. The van der Waals surface area contributed by atoms with Gasteiger partial charge in [0.1, 0.15) is 4.58 Å². The Bertz CT molecular complexity index is 458. The predicted octanol–water partition coefficient (Wildman–Crippen LogP) is 2.87. The maximum Gasteiger partial charge on any atom is 0.337 e. The van der Waals surface area contributed by atoms with Crippen LogP contribution in [0.3, 0.4) is 0 Å². The fourth-order valence-electron chi connectivity index (χ4n) is 1.46. The molecule has 7 heteroatoms. The highest BCUT2D eigenvalue weighted by atomic mass is 32.3. The second-order valence-corrected chi connectivity index (χ2v) is 7.87. The fraction of sp³-hybridized carbons (Fsp3) is 0.333. The molecule has 1 aromatic rings. The summed E-state index contributed by atoms with van der Waals surface area (Å²) in [7, 11) is 1.34. The van der Waals surface area contributed by atoms with Gasteiger partial charge in [0.15, 0.2) is 0 Å². The average molecular weight is 315 g/mol. The van der Waals surface area contributed by atoms with Crippen molar-refractivity contribution in [1.82, 2.24) is 0 Å². The SMILES string of the molecule is COC(=O)c1ccc(NC(=O)C2SCSCS2)cc1. The van der Waals surface area contributed by atoms with Crippen LogP contribution in [0, 0.1) is 0 Å². The van der Waals surface area contributed by atoms with E-state index >= 15 is 0 Å². The maximum atomic E-state index is 12.0. The summed E-state index contributed by atoms with van der Waals surface area (Å²) in [5.41, 5.74) is 1.16. The summed E-state index contributed by atoms with van der Waals surface area (Å²) in [5, 5.41) is 4.76. The van der Waals surface area contributed by atoms with E-state index in [2.05, 4.69) is 10.1 Å². The van der Waals surface area contributed by atoms with Crippen molar-refractivity contribution in [3.05, 3.63) is 29.8 Å². The summed E-state index contributed by atoms with van der Waals surface area (Å²) < 4.78 is 4.56. The Hall–Kier alpha value is -0.790. The van der Waals surface area contributed by atoms with Crippen LogP contribution in [-0.4, -0.2) is 33.7 Å². The third-order valence-corrected chi connectivity index (χ3v) is 6.67. The van der Waals surface area contributed by atoms with Gasteiger partial charge < -0.3 is 10.1 Å². The molecule has 0 atom stereocenters. The molecule has 0 unspecified atom stereocenters. The van der Waals surface area contributed by atoms with Crippen LogP contribution in [0.25, 0.3) is 0 Å². The first-order valence-electron chi connectivity index (χ1n) is 5.51. The molecule has 1 N–H and O–H groups in total. The Morgan fingerprint density at radius 2 is 1.84 bits per heavy atom. The van der Waals surface area contributed by atoms with Gasteiger partial charge in [-0.2, -0.15) is 0 Å². The molecule has 1 aliphatic heterocycles. The van der Waals surface area contributed by atoms with Gasteiger partial charge in [0.05, 0.1) is 12.7 Å². The van der Waals surface area contributed by atoms with Crippen LogP contribution in [0.4, 0.5) is 5.69 Å². The van der Waals surface area contributed by atoms with E-state index in [1.807, 2.05) is 11.8 Å². The van der Waals surface area contributed by atoms with Gasteiger partial charge in [0.2, 0.25) is 5.91 Å². The van der Waals surface area contributed by atoms with E-state index in [1.165, 1.54) is 7.11 Å². The summed E-state index contributed by atoms with van der Waals surface area (Å²) in [6.45, 7) is 0. The van der Waals surface area contributed by atoms with E-state index < -0.39 is 0 Å². The van der Waals surface area contributed by atoms with Gasteiger partial charge in [-0.3, -0.25) is 4.79 Å². The first-order chi connectivity index (χ1) is 9.20. The van der Waals surface area contributed by atoms with Gasteiger partial charge >= 0.3 is 5.97 Å². The first kappa shape index (κ1) is 14.6. The highest BCUT2D eigenvalue weighted by Gasteiger charge is 2.22. The van der Waals surface area contributed by atoms with Gasteiger partial charge in [-0.25, -0.2) is 4.79 Å². The van der Waals surface area contributed by atoms with Gasteiger partial charge in [0, 0.05) is 15.9 Å². The van der Waals surface area contributed by atoms with Crippen LogP contribution >= 0.6 is 35.3 Å². The lowest BCUT2D eigenvalue weighted by Crippen LogP contribution is -2.24. The number of hydrogen-bond donors (Lipinski definition) is 1. The van der Waals surface area contributed by atoms with E-state index in [-0.39, 0.29) is 16.5 Å². The van der Waals surface area contributed by atoms with Crippen molar-refractivity contribution in [2.24, 2.45) is 0 Å². The molecule has 0 bridgehead atoms. The molecule has 0 radical (unpaired) electrons. The third-order valence-electron chi connectivity index (χ3n) is 2.39. The molecule has 1 heterocycles. The fourth-order valence-corrected chi connectivity index (χ4v) is 5.91. The Morgan fingerprint density at radius 1 is 1.21 bits per heavy atom. The quantitative estimate of drug-likeness (QED) is 0.866. The van der Waals surface area contributed by atoms with Gasteiger partial charge in [-0.15, -0.1) is 35.3 Å². The number of carbonyl (C=O) groups excluding carboxylic acids is 2. The third kappa shape index (κ3) is 4.09. The zero-order chi connectivity index (χ0) is 13.7. The first-order valence-corrected chi connectivity index (χ1v) is 8.76. The summed E-state index contributed by atoms with van der Waals surface area (Å²) in [5.74, 6) is -0.380. The van der Waals surface area contributed by atoms with Crippen molar-refractivity contribution in [1.29, 1.82) is 0 Å². The number of anilines is 1. The van der Waals surface area contributed by atoms with Crippen LogP contribution in [0.15, 0.2) is 24.3 Å². The lowest BCUT2D eigenvalue weighted by Gasteiger charge is -2.19. The minimum Gasteiger partial charge on any atom is -0.465 e. The molecule has 1 aromatic carbocycles. The van der Waals surface area contributed by atoms with Crippen molar-refractivity contribution >= 4 is 52.8 Å². The van der Waals surface area contributed by atoms with Crippen molar-refractivity contribution in [3.63, 3.8) is 0 Å². The molecule has 2 rings (SSSR count). The lowest BCUT2D eigenvalue weighted by molar-refractivity contribution is -0.114. The molecule has 1 fully saturated rings. The van der Waals surface area contributed by atoms with Gasteiger partial charge in [0.25, 0.3) is 0 Å². The Kier molecular flexibility index (Phi) is 5.47. The van der Waals surface area contributed by atoms with Crippen molar-refractivity contribution in [3.8, 4) is 0 Å². The van der Waals surface area contributed by atoms with Crippen molar-refractivity contribution in [2.45, 2.75) is 4.58 Å². The summed E-state index contributed by atoms with van der Waals surface area (Å²) in [6.07, 6.45) is 0. The minimum absolute atomic E-state index is 0.00104. The highest BCUT2D eigenvalue weighted by molar-refractivity contribution is 8.33. The second-order valence-electron chi connectivity index (χ2n) is 3.66. The molecule has 1 saturated heterocycles. The maximum absolute atomic E-state index is 12.0. The van der Waals surface area contributed by atoms with Crippen LogP contribution < -0.4 is 5.32 Å². The second kappa shape index (κ2) is 7.12. The van der Waals surface area contributed by atoms with Crippen LogP contribution in [0.2, 0.25) is 0 Å². The minimum atomic E-state index is -0.381. The molecule has 0 aliphatic carbocycles. The number of esters is 1. The van der Waals surface area contributed by atoms with E-state index in [9.17, 15) is 9.59 Å². The Labute approximate surface area is 124 Å². The number of nitrogens with one attached hydrogen (secondary N) is 1. The molecule has 0 saturated carbocycles. The summed E-state index contributed by atoms with van der Waals surface area (Å²) in [4.78, 5) is 23.3. The van der Waals surface area contributed by atoms with Crippen molar-refractivity contribution in [2.75, 3.05) is 22.6 Å². The predicted molar refractivity (Wildman–Crippen MR) is 82.7 cm³/mol. The lowest BCUT2D eigenvalue weighted by atomic mass is 10.2. The zero-order valence-electron chi connectivity index (χ0n) is 10.3. The van der Waals surface area contributed by atoms with E-state index in [0.717, 1.165) is 10.2 Å². The van der Waals surface area contributed by atoms with Gasteiger partial charge in [-0.1, -0.05) is 0 Å². The molecular weight excluding hydrogens is 302 g/mol. The smallest absolute Gasteiger partial charge is 0.337 e. The average Bonchev–Trinajstić information content (AvgIpc) is 2.48. The number of ether oxygens (including phenoxy) is 1. The largest absolute Gasteiger partial charge is 0.465 e. The normalized spacial score (nSPS) is 15.8. The Balaban J connectivity index is 1.95. The number of carbonyl (C=O) groups is 2. The number of benzene rings is 1. The summed E-state index contributed by atoms with van der Waals surface area (Å²) in [6, 6.07) is 6.69. The molecule has 102 valence electrons. The number of amides is 1. The molecular formula is C12H13NO3S3.